The van der Waals surface area contributed by atoms with Crippen molar-refractivity contribution < 1.29 is 4.79 Å². The van der Waals surface area contributed by atoms with Crippen LogP contribution in [0.2, 0.25) is 0 Å². The number of likely N-dealkylation sites (tertiary alicyclic amines) is 1. The molecule has 0 bridgehead atoms. The largest absolute Gasteiger partial charge is 0.352 e. The Hall–Kier alpha value is -2.73. The Labute approximate surface area is 191 Å². The molecule has 3 heterocycles. The summed E-state index contributed by atoms with van der Waals surface area (Å²) in [5.74, 6) is 0.757. The number of pyridine rings is 1. The van der Waals surface area contributed by atoms with Crippen molar-refractivity contribution in [3.8, 4) is 11.3 Å². The average Bonchev–Trinajstić information content (AvgIpc) is 3.23. The van der Waals surface area contributed by atoms with Crippen molar-refractivity contribution in [3.05, 3.63) is 48.2 Å². The van der Waals surface area contributed by atoms with E-state index in [9.17, 15) is 4.79 Å². The molecule has 1 aromatic carbocycles. The average molecular weight is 434 g/mol. The van der Waals surface area contributed by atoms with Crippen molar-refractivity contribution >= 4 is 16.9 Å². The van der Waals surface area contributed by atoms with E-state index >= 15 is 0 Å². The smallest absolute Gasteiger partial charge is 0.252 e. The van der Waals surface area contributed by atoms with Crippen molar-refractivity contribution in [2.75, 3.05) is 26.2 Å². The topological polar surface area (TPSA) is 63.1 Å². The van der Waals surface area contributed by atoms with E-state index in [1.165, 1.54) is 25.9 Å². The van der Waals surface area contributed by atoms with Crippen LogP contribution in [0.15, 0.2) is 42.6 Å². The Morgan fingerprint density at radius 2 is 2.03 bits per heavy atom. The molecular formula is C26H35N5O. The minimum Gasteiger partial charge on any atom is -0.352 e. The van der Waals surface area contributed by atoms with Crippen molar-refractivity contribution in [1.82, 2.24) is 25.0 Å². The first kappa shape index (κ1) is 22.5. The normalized spacial score (nSPS) is 17.2. The van der Waals surface area contributed by atoms with Gasteiger partial charge in [-0.3, -0.25) is 4.79 Å². The molecule has 1 aliphatic rings. The number of nitrogens with zero attached hydrogens (tertiary/aromatic N) is 4. The minimum atomic E-state index is -0.0514. The van der Waals surface area contributed by atoms with Gasteiger partial charge in [-0.25, -0.2) is 9.67 Å². The van der Waals surface area contributed by atoms with Gasteiger partial charge in [0.15, 0.2) is 5.65 Å². The molecule has 1 aliphatic heterocycles. The number of amides is 1. The maximum atomic E-state index is 13.1. The lowest BCUT2D eigenvalue weighted by atomic mass is 10.0. The highest BCUT2D eigenvalue weighted by Gasteiger charge is 2.19. The summed E-state index contributed by atoms with van der Waals surface area (Å²) in [6.45, 7) is 10.7. The van der Waals surface area contributed by atoms with Gasteiger partial charge < -0.3 is 10.2 Å². The van der Waals surface area contributed by atoms with E-state index in [4.69, 9.17) is 4.98 Å². The zero-order valence-corrected chi connectivity index (χ0v) is 19.6. The lowest BCUT2D eigenvalue weighted by Crippen LogP contribution is -2.35. The summed E-state index contributed by atoms with van der Waals surface area (Å²) in [6.07, 6.45) is 6.53. The number of benzene rings is 1. The highest BCUT2D eigenvalue weighted by Crippen LogP contribution is 2.26. The quantitative estimate of drug-likeness (QED) is 0.512. The van der Waals surface area contributed by atoms with Gasteiger partial charge in [0.05, 0.1) is 22.8 Å². The first-order chi connectivity index (χ1) is 15.5. The summed E-state index contributed by atoms with van der Waals surface area (Å²) in [5.41, 5.74) is 3.19. The molecule has 3 aromatic rings. The van der Waals surface area contributed by atoms with Crippen molar-refractivity contribution in [3.63, 3.8) is 0 Å². The van der Waals surface area contributed by atoms with Crippen LogP contribution in [-0.2, 0) is 0 Å². The molecule has 170 valence electrons. The van der Waals surface area contributed by atoms with E-state index in [0.717, 1.165) is 47.6 Å². The van der Waals surface area contributed by atoms with Crippen LogP contribution < -0.4 is 5.32 Å². The number of hydrogen-bond donors (Lipinski definition) is 1. The van der Waals surface area contributed by atoms with E-state index in [1.54, 1.807) is 6.20 Å². The molecule has 2 aromatic heterocycles. The molecule has 1 N–H and O–H groups in total. The van der Waals surface area contributed by atoms with Gasteiger partial charge >= 0.3 is 0 Å². The SMILES string of the molecule is CC1CCCN(CCCCNC(=O)c2cc(-c3ccccc3)nc3c2cnn3C(C)C)C1. The van der Waals surface area contributed by atoms with Gasteiger partial charge in [-0.2, -0.15) is 5.10 Å². The van der Waals surface area contributed by atoms with Crippen LogP contribution in [0, 0.1) is 5.92 Å². The van der Waals surface area contributed by atoms with Gasteiger partial charge in [0, 0.05) is 24.7 Å². The Kier molecular flexibility index (Phi) is 7.20. The molecule has 6 nitrogen and oxygen atoms in total. The number of unbranched alkanes of at least 4 members (excludes halogenated alkanes) is 1. The van der Waals surface area contributed by atoms with Crippen molar-refractivity contribution in [2.45, 2.75) is 52.5 Å². The predicted octanol–water partition coefficient (Wildman–Crippen LogP) is 4.92. The van der Waals surface area contributed by atoms with Gasteiger partial charge in [-0.1, -0.05) is 37.3 Å². The second-order valence-electron chi connectivity index (χ2n) is 9.35. The molecule has 4 rings (SSSR count). The number of aromatic nitrogens is 3. The summed E-state index contributed by atoms with van der Waals surface area (Å²) in [7, 11) is 0. The monoisotopic (exact) mass is 433 g/mol. The summed E-state index contributed by atoms with van der Waals surface area (Å²) in [5, 5.41) is 8.45. The van der Waals surface area contributed by atoms with Crippen LogP contribution in [-0.4, -0.2) is 51.8 Å². The van der Waals surface area contributed by atoms with Crippen LogP contribution in [0.3, 0.4) is 0 Å². The van der Waals surface area contributed by atoms with Gasteiger partial charge in [-0.15, -0.1) is 0 Å². The first-order valence-electron chi connectivity index (χ1n) is 12.0. The molecule has 6 heteroatoms. The molecular weight excluding hydrogens is 398 g/mol. The Balaban J connectivity index is 1.45. The highest BCUT2D eigenvalue weighted by molar-refractivity contribution is 6.06. The summed E-state index contributed by atoms with van der Waals surface area (Å²) in [6, 6.07) is 12.1. The zero-order valence-electron chi connectivity index (χ0n) is 19.6. The van der Waals surface area contributed by atoms with Crippen LogP contribution in [0.4, 0.5) is 0 Å². The fourth-order valence-corrected chi connectivity index (χ4v) is 4.59. The van der Waals surface area contributed by atoms with E-state index < -0.39 is 0 Å². The van der Waals surface area contributed by atoms with Crippen molar-refractivity contribution in [2.24, 2.45) is 5.92 Å². The fraction of sp³-hybridized carbons (Fsp3) is 0.500. The number of carbonyl (C=O) groups is 1. The number of rotatable bonds is 8. The lowest BCUT2D eigenvalue weighted by Gasteiger charge is -2.30. The zero-order chi connectivity index (χ0) is 22.5. The van der Waals surface area contributed by atoms with Gasteiger partial charge in [0.1, 0.15) is 0 Å². The van der Waals surface area contributed by atoms with Crippen LogP contribution in [0.5, 0.6) is 0 Å². The first-order valence-corrected chi connectivity index (χ1v) is 12.0. The van der Waals surface area contributed by atoms with E-state index in [1.807, 2.05) is 41.1 Å². The number of fused-ring (bicyclic) bond motifs is 1. The van der Waals surface area contributed by atoms with Gasteiger partial charge in [0.2, 0.25) is 0 Å². The second kappa shape index (κ2) is 10.3. The summed E-state index contributed by atoms with van der Waals surface area (Å²) < 4.78 is 1.89. The highest BCUT2D eigenvalue weighted by atomic mass is 16.1. The maximum absolute atomic E-state index is 13.1. The predicted molar refractivity (Wildman–Crippen MR) is 130 cm³/mol. The Morgan fingerprint density at radius 3 is 2.78 bits per heavy atom. The number of carbonyl (C=O) groups excluding carboxylic acids is 1. The molecule has 0 radical (unpaired) electrons. The third kappa shape index (κ3) is 5.18. The van der Waals surface area contributed by atoms with Crippen LogP contribution in [0.1, 0.15) is 62.9 Å². The fourth-order valence-electron chi connectivity index (χ4n) is 4.59. The minimum absolute atomic E-state index is 0.0514. The number of piperidine rings is 1. The number of hydrogen-bond acceptors (Lipinski definition) is 4. The van der Waals surface area contributed by atoms with E-state index in [0.29, 0.717) is 12.1 Å². The third-order valence-electron chi connectivity index (χ3n) is 6.30. The standard InChI is InChI=1S/C26H35N5O/c1-19(2)31-25-23(17-28-31)22(16-24(29-25)21-11-5-4-6-12-21)26(32)27-13-7-8-14-30-15-9-10-20(3)18-30/h4-6,11-12,16-17,19-20H,7-10,13-15,18H2,1-3H3,(H,27,32). The second-order valence-corrected chi connectivity index (χ2v) is 9.35. The van der Waals surface area contributed by atoms with Crippen LogP contribution >= 0.6 is 0 Å². The molecule has 0 saturated carbocycles. The Morgan fingerprint density at radius 1 is 1.22 bits per heavy atom. The summed E-state index contributed by atoms with van der Waals surface area (Å²) in [4.78, 5) is 20.6. The molecule has 1 unspecified atom stereocenters. The molecule has 0 spiro atoms. The van der Waals surface area contributed by atoms with Crippen LogP contribution in [0.25, 0.3) is 22.3 Å². The van der Waals surface area contributed by atoms with Gasteiger partial charge in [0.25, 0.3) is 5.91 Å². The molecule has 1 saturated heterocycles. The molecule has 32 heavy (non-hydrogen) atoms. The van der Waals surface area contributed by atoms with Gasteiger partial charge in [-0.05, 0) is 64.6 Å². The number of nitrogens with one attached hydrogen (secondary N) is 1. The maximum Gasteiger partial charge on any atom is 0.252 e. The summed E-state index contributed by atoms with van der Waals surface area (Å²) >= 11 is 0. The lowest BCUT2D eigenvalue weighted by molar-refractivity contribution is 0.0954. The van der Waals surface area contributed by atoms with E-state index in [-0.39, 0.29) is 11.9 Å². The molecule has 1 amide bonds. The Bertz CT molecular complexity index is 1040. The van der Waals surface area contributed by atoms with E-state index in [2.05, 4.69) is 36.1 Å². The molecule has 1 atom stereocenters. The van der Waals surface area contributed by atoms with Crippen molar-refractivity contribution in [1.29, 1.82) is 0 Å². The molecule has 1 fully saturated rings. The third-order valence-corrected chi connectivity index (χ3v) is 6.30. The molecule has 0 aliphatic carbocycles.